The van der Waals surface area contributed by atoms with Gasteiger partial charge in [0.05, 0.1) is 0 Å². The summed E-state index contributed by atoms with van der Waals surface area (Å²) in [6.07, 6.45) is -1.000. The Balaban J connectivity index is 2.72. The third kappa shape index (κ3) is 3.86. The average Bonchev–Trinajstić information content (AvgIpc) is 2.27. The molecule has 3 heteroatoms. The summed E-state index contributed by atoms with van der Waals surface area (Å²) in [5.41, 5.74) is 2.14. The topological polar surface area (TPSA) is 49.3 Å². The van der Waals surface area contributed by atoms with E-state index in [9.17, 15) is 9.90 Å². The molecule has 0 heterocycles. The van der Waals surface area contributed by atoms with Crippen LogP contribution in [0.4, 0.5) is 0 Å². The zero-order valence-corrected chi connectivity index (χ0v) is 10.9. The van der Waals surface area contributed by atoms with Crippen molar-refractivity contribution >= 4 is 5.91 Å². The van der Waals surface area contributed by atoms with Gasteiger partial charge in [-0.3, -0.25) is 4.79 Å². The first-order chi connectivity index (χ1) is 7.91. The summed E-state index contributed by atoms with van der Waals surface area (Å²) in [6.45, 7) is 7.62. The Morgan fingerprint density at radius 1 is 1.18 bits per heavy atom. The van der Waals surface area contributed by atoms with Crippen molar-refractivity contribution in [3.63, 3.8) is 0 Å². The fourth-order valence-corrected chi connectivity index (χ4v) is 1.65. The highest BCUT2D eigenvalue weighted by atomic mass is 16.3. The van der Waals surface area contributed by atoms with E-state index in [1.165, 1.54) is 5.56 Å². The fraction of sp³-hybridized carbons (Fsp3) is 0.500. The number of amides is 1. The molecule has 0 aliphatic rings. The summed E-state index contributed by atoms with van der Waals surface area (Å²) in [4.78, 5) is 11.7. The van der Waals surface area contributed by atoms with Crippen LogP contribution >= 0.6 is 0 Å². The van der Waals surface area contributed by atoms with Gasteiger partial charge in [0.2, 0.25) is 5.91 Å². The van der Waals surface area contributed by atoms with Crippen molar-refractivity contribution in [1.29, 1.82) is 0 Å². The molecule has 2 atom stereocenters. The maximum Gasteiger partial charge on any atom is 0.249 e. The number of hydrogen-bond donors (Lipinski definition) is 2. The van der Waals surface area contributed by atoms with Gasteiger partial charge < -0.3 is 10.4 Å². The van der Waals surface area contributed by atoms with E-state index in [2.05, 4.69) is 5.32 Å². The van der Waals surface area contributed by atoms with Crippen molar-refractivity contribution in [2.75, 3.05) is 0 Å². The third-order valence-electron chi connectivity index (χ3n) is 2.78. The van der Waals surface area contributed by atoms with Crippen LogP contribution in [-0.4, -0.2) is 23.2 Å². The van der Waals surface area contributed by atoms with E-state index in [1.807, 2.05) is 52.0 Å². The lowest BCUT2D eigenvalue weighted by atomic mass is 9.94. The van der Waals surface area contributed by atoms with E-state index in [0.717, 1.165) is 5.56 Å². The predicted molar refractivity (Wildman–Crippen MR) is 68.9 cm³/mol. The molecular weight excluding hydrogens is 214 g/mol. The van der Waals surface area contributed by atoms with Crippen molar-refractivity contribution in [2.24, 2.45) is 0 Å². The molecule has 0 aliphatic heterocycles. The SMILES string of the molecule is Cc1ccc([C@H](C)[C@H](O)C(=O)NC(C)C)cc1. The van der Waals surface area contributed by atoms with E-state index in [4.69, 9.17) is 0 Å². The highest BCUT2D eigenvalue weighted by Gasteiger charge is 2.23. The van der Waals surface area contributed by atoms with Crippen LogP contribution in [0.15, 0.2) is 24.3 Å². The first-order valence-electron chi connectivity index (χ1n) is 5.97. The minimum absolute atomic E-state index is 0.0439. The van der Waals surface area contributed by atoms with Gasteiger partial charge in [0.1, 0.15) is 6.10 Å². The molecule has 3 nitrogen and oxygen atoms in total. The molecule has 0 radical (unpaired) electrons. The van der Waals surface area contributed by atoms with Gasteiger partial charge >= 0.3 is 0 Å². The molecular formula is C14H21NO2. The molecule has 0 saturated carbocycles. The molecule has 0 fully saturated rings. The summed E-state index contributed by atoms with van der Waals surface area (Å²) in [6, 6.07) is 7.91. The number of carbonyl (C=O) groups excluding carboxylic acids is 1. The zero-order valence-electron chi connectivity index (χ0n) is 10.9. The molecule has 17 heavy (non-hydrogen) atoms. The molecule has 0 bridgehead atoms. The van der Waals surface area contributed by atoms with Gasteiger partial charge in [0.15, 0.2) is 0 Å². The summed E-state index contributed by atoms with van der Waals surface area (Å²) in [7, 11) is 0. The molecule has 1 aromatic carbocycles. The van der Waals surface area contributed by atoms with Gasteiger partial charge in [-0.15, -0.1) is 0 Å². The molecule has 0 aliphatic carbocycles. The highest BCUT2D eigenvalue weighted by molar-refractivity contribution is 5.81. The van der Waals surface area contributed by atoms with Crippen LogP contribution in [0.5, 0.6) is 0 Å². The first kappa shape index (κ1) is 13.7. The normalized spacial score (nSPS) is 14.5. The first-order valence-corrected chi connectivity index (χ1v) is 5.97. The van der Waals surface area contributed by atoms with Crippen LogP contribution in [0.2, 0.25) is 0 Å². The van der Waals surface area contributed by atoms with Crippen LogP contribution in [0.25, 0.3) is 0 Å². The molecule has 0 unspecified atom stereocenters. The Bertz CT molecular complexity index is 370. The largest absolute Gasteiger partial charge is 0.383 e. The second-order valence-corrected chi connectivity index (χ2v) is 4.81. The van der Waals surface area contributed by atoms with Crippen molar-refractivity contribution in [3.05, 3.63) is 35.4 Å². The number of hydrogen-bond acceptors (Lipinski definition) is 2. The Morgan fingerprint density at radius 2 is 1.71 bits per heavy atom. The maximum atomic E-state index is 11.7. The number of nitrogens with one attached hydrogen (secondary N) is 1. The lowest BCUT2D eigenvalue weighted by Gasteiger charge is -2.20. The van der Waals surface area contributed by atoms with Gasteiger partial charge in [-0.25, -0.2) is 0 Å². The predicted octanol–water partition coefficient (Wildman–Crippen LogP) is 1.98. The number of carbonyl (C=O) groups is 1. The molecule has 1 amide bonds. The second-order valence-electron chi connectivity index (χ2n) is 4.81. The van der Waals surface area contributed by atoms with E-state index in [-0.39, 0.29) is 17.9 Å². The Kier molecular flexibility index (Phi) is 4.70. The van der Waals surface area contributed by atoms with Crippen LogP contribution in [0.1, 0.15) is 37.8 Å². The molecule has 94 valence electrons. The monoisotopic (exact) mass is 235 g/mol. The lowest BCUT2D eigenvalue weighted by Crippen LogP contribution is -2.41. The fourth-order valence-electron chi connectivity index (χ4n) is 1.65. The Morgan fingerprint density at radius 3 is 2.18 bits per heavy atom. The molecule has 1 aromatic rings. The number of rotatable bonds is 4. The summed E-state index contributed by atoms with van der Waals surface area (Å²) in [5.74, 6) is -0.512. The zero-order chi connectivity index (χ0) is 13.0. The summed E-state index contributed by atoms with van der Waals surface area (Å²) < 4.78 is 0. The maximum absolute atomic E-state index is 11.7. The average molecular weight is 235 g/mol. The molecule has 1 rings (SSSR count). The number of benzene rings is 1. The van der Waals surface area contributed by atoms with Gasteiger partial charge in [0, 0.05) is 12.0 Å². The summed E-state index contributed by atoms with van der Waals surface area (Å²) in [5, 5.41) is 12.7. The van der Waals surface area contributed by atoms with E-state index in [1.54, 1.807) is 0 Å². The highest BCUT2D eigenvalue weighted by Crippen LogP contribution is 2.19. The van der Waals surface area contributed by atoms with Gasteiger partial charge in [0.25, 0.3) is 0 Å². The number of aliphatic hydroxyl groups is 1. The van der Waals surface area contributed by atoms with Crippen molar-refractivity contribution in [3.8, 4) is 0 Å². The molecule has 0 spiro atoms. The van der Waals surface area contributed by atoms with Crippen LogP contribution in [-0.2, 0) is 4.79 Å². The Labute approximate surface area is 103 Å². The quantitative estimate of drug-likeness (QED) is 0.838. The van der Waals surface area contributed by atoms with E-state index >= 15 is 0 Å². The second kappa shape index (κ2) is 5.82. The van der Waals surface area contributed by atoms with E-state index in [0.29, 0.717) is 0 Å². The Hall–Kier alpha value is -1.35. The number of aryl methyl sites for hydroxylation is 1. The number of aliphatic hydroxyl groups excluding tert-OH is 1. The molecule has 2 N–H and O–H groups in total. The van der Waals surface area contributed by atoms with Crippen molar-refractivity contribution in [2.45, 2.75) is 45.8 Å². The van der Waals surface area contributed by atoms with Crippen molar-refractivity contribution in [1.82, 2.24) is 5.32 Å². The smallest absolute Gasteiger partial charge is 0.249 e. The minimum atomic E-state index is -1.000. The standard InChI is InChI=1S/C14H21NO2/c1-9(2)15-14(17)13(16)11(4)12-7-5-10(3)6-8-12/h5-9,11,13,16H,1-4H3,(H,15,17)/t11-,13-/m0/s1. The summed E-state index contributed by atoms with van der Waals surface area (Å²) >= 11 is 0. The molecule has 0 aromatic heterocycles. The lowest BCUT2D eigenvalue weighted by molar-refractivity contribution is -0.130. The van der Waals surface area contributed by atoms with Gasteiger partial charge in [-0.05, 0) is 26.3 Å². The van der Waals surface area contributed by atoms with Gasteiger partial charge in [-0.2, -0.15) is 0 Å². The minimum Gasteiger partial charge on any atom is -0.383 e. The third-order valence-corrected chi connectivity index (χ3v) is 2.78. The van der Waals surface area contributed by atoms with E-state index < -0.39 is 6.10 Å². The van der Waals surface area contributed by atoms with Crippen molar-refractivity contribution < 1.29 is 9.90 Å². The van der Waals surface area contributed by atoms with Crippen LogP contribution in [0.3, 0.4) is 0 Å². The van der Waals surface area contributed by atoms with Crippen LogP contribution in [0, 0.1) is 6.92 Å². The van der Waals surface area contributed by atoms with Gasteiger partial charge in [-0.1, -0.05) is 36.8 Å². The van der Waals surface area contributed by atoms with Crippen LogP contribution < -0.4 is 5.32 Å². The molecule has 0 saturated heterocycles.